The molecule has 1 aliphatic rings. The van der Waals surface area contributed by atoms with E-state index in [9.17, 15) is 4.79 Å². The first-order chi connectivity index (χ1) is 13.3. The highest BCUT2D eigenvalue weighted by Crippen LogP contribution is 2.32. The average Bonchev–Trinajstić information content (AvgIpc) is 3.19. The number of anilines is 1. The summed E-state index contributed by atoms with van der Waals surface area (Å²) in [6.45, 7) is 1.11. The van der Waals surface area contributed by atoms with Crippen LogP contribution in [0.3, 0.4) is 0 Å². The molecule has 0 spiro atoms. The molecule has 3 aromatic rings. The van der Waals surface area contributed by atoms with Gasteiger partial charge in [-0.3, -0.25) is 9.78 Å². The second-order valence-corrected chi connectivity index (χ2v) is 5.83. The predicted molar refractivity (Wildman–Crippen MR) is 97.3 cm³/mol. The number of carbonyl (C=O) groups excluding carboxylic acids is 1. The van der Waals surface area contributed by atoms with Crippen molar-refractivity contribution < 1.29 is 14.3 Å². The molecule has 1 aliphatic heterocycles. The number of fused-ring (bicyclic) bond motifs is 1. The number of nitrogens with zero attached hydrogens (tertiary/aromatic N) is 3. The third kappa shape index (κ3) is 4.12. The van der Waals surface area contributed by atoms with Crippen molar-refractivity contribution in [3.05, 3.63) is 71.9 Å². The van der Waals surface area contributed by atoms with E-state index in [1.54, 1.807) is 6.20 Å². The summed E-state index contributed by atoms with van der Waals surface area (Å²) >= 11 is 0. The van der Waals surface area contributed by atoms with Gasteiger partial charge in [-0.1, -0.05) is 12.1 Å². The quantitative estimate of drug-likeness (QED) is 0.692. The molecule has 4 rings (SSSR count). The van der Waals surface area contributed by atoms with E-state index in [-0.39, 0.29) is 18.4 Å². The largest absolute Gasteiger partial charge is 0.454 e. The van der Waals surface area contributed by atoms with Crippen molar-refractivity contribution in [1.82, 2.24) is 20.3 Å². The van der Waals surface area contributed by atoms with Gasteiger partial charge in [0, 0.05) is 12.7 Å². The number of pyridine rings is 1. The summed E-state index contributed by atoms with van der Waals surface area (Å²) < 4.78 is 10.6. The van der Waals surface area contributed by atoms with E-state index in [4.69, 9.17) is 9.47 Å². The molecule has 136 valence electrons. The molecule has 27 heavy (non-hydrogen) atoms. The van der Waals surface area contributed by atoms with Crippen LogP contribution in [0.4, 0.5) is 5.82 Å². The van der Waals surface area contributed by atoms with Crippen LogP contribution in [0.1, 0.15) is 21.7 Å². The van der Waals surface area contributed by atoms with Gasteiger partial charge in [-0.2, -0.15) is 0 Å². The first-order valence-corrected chi connectivity index (χ1v) is 8.40. The average molecular weight is 363 g/mol. The normalized spacial score (nSPS) is 11.9. The summed E-state index contributed by atoms with van der Waals surface area (Å²) in [6, 6.07) is 11.2. The number of rotatable bonds is 6. The van der Waals surface area contributed by atoms with E-state index in [0.717, 1.165) is 11.3 Å². The van der Waals surface area contributed by atoms with Crippen molar-refractivity contribution >= 4 is 11.7 Å². The molecule has 0 unspecified atom stereocenters. The minimum absolute atomic E-state index is 0.224. The lowest BCUT2D eigenvalue weighted by atomic mass is 10.2. The number of aromatic nitrogens is 3. The fraction of sp³-hybridized carbons (Fsp3) is 0.158. The smallest absolute Gasteiger partial charge is 0.271 e. The summed E-state index contributed by atoms with van der Waals surface area (Å²) in [5.74, 6) is 1.68. The molecule has 0 fully saturated rings. The lowest BCUT2D eigenvalue weighted by Gasteiger charge is -2.07. The predicted octanol–water partition coefficient (Wildman–Crippen LogP) is 2.14. The monoisotopic (exact) mass is 363 g/mol. The highest BCUT2D eigenvalue weighted by Gasteiger charge is 2.14. The molecule has 1 aromatic carbocycles. The lowest BCUT2D eigenvalue weighted by molar-refractivity contribution is 0.0945. The summed E-state index contributed by atoms with van der Waals surface area (Å²) in [6.07, 6.45) is 4.70. The molecule has 0 aliphatic carbocycles. The van der Waals surface area contributed by atoms with Gasteiger partial charge in [-0.05, 0) is 29.8 Å². The number of hydrogen-bond acceptors (Lipinski definition) is 7. The van der Waals surface area contributed by atoms with Crippen LogP contribution in [0.5, 0.6) is 11.5 Å². The number of carbonyl (C=O) groups is 1. The zero-order valence-corrected chi connectivity index (χ0v) is 14.4. The van der Waals surface area contributed by atoms with Gasteiger partial charge in [0.1, 0.15) is 11.5 Å². The van der Waals surface area contributed by atoms with Crippen LogP contribution < -0.4 is 20.1 Å². The van der Waals surface area contributed by atoms with Crippen LogP contribution in [0.15, 0.2) is 55.0 Å². The maximum absolute atomic E-state index is 12.2. The molecule has 0 bridgehead atoms. The molecule has 0 radical (unpaired) electrons. The number of benzene rings is 1. The van der Waals surface area contributed by atoms with Gasteiger partial charge in [-0.15, -0.1) is 0 Å². The topological polar surface area (TPSA) is 98.3 Å². The Hall–Kier alpha value is -3.68. The Kier molecular flexibility index (Phi) is 4.78. The second kappa shape index (κ2) is 7.69. The van der Waals surface area contributed by atoms with Crippen LogP contribution in [0.25, 0.3) is 0 Å². The van der Waals surface area contributed by atoms with Crippen molar-refractivity contribution in [2.75, 3.05) is 12.1 Å². The van der Waals surface area contributed by atoms with E-state index >= 15 is 0 Å². The molecule has 0 saturated heterocycles. The molecule has 8 heteroatoms. The van der Waals surface area contributed by atoms with E-state index in [2.05, 4.69) is 25.6 Å². The van der Waals surface area contributed by atoms with E-state index in [0.29, 0.717) is 30.4 Å². The Morgan fingerprint density at radius 1 is 1.00 bits per heavy atom. The van der Waals surface area contributed by atoms with E-state index in [1.165, 1.54) is 12.4 Å². The molecule has 8 nitrogen and oxygen atoms in total. The zero-order valence-electron chi connectivity index (χ0n) is 14.4. The van der Waals surface area contributed by atoms with Gasteiger partial charge < -0.3 is 20.1 Å². The van der Waals surface area contributed by atoms with Gasteiger partial charge in [0.25, 0.3) is 5.91 Å². The molecule has 2 aromatic heterocycles. The molecule has 3 heterocycles. The van der Waals surface area contributed by atoms with Gasteiger partial charge in [0.05, 0.1) is 24.6 Å². The van der Waals surface area contributed by atoms with Crippen molar-refractivity contribution in [3.63, 3.8) is 0 Å². The van der Waals surface area contributed by atoms with Gasteiger partial charge >= 0.3 is 0 Å². The molecule has 0 atom stereocenters. The van der Waals surface area contributed by atoms with Gasteiger partial charge in [-0.25, -0.2) is 9.97 Å². The maximum Gasteiger partial charge on any atom is 0.271 e. The Labute approximate surface area is 155 Å². The number of hydrogen-bond donors (Lipinski definition) is 2. The molecule has 2 N–H and O–H groups in total. The highest BCUT2D eigenvalue weighted by atomic mass is 16.7. The lowest BCUT2D eigenvalue weighted by Crippen LogP contribution is -2.24. The highest BCUT2D eigenvalue weighted by molar-refractivity contribution is 5.91. The summed E-state index contributed by atoms with van der Waals surface area (Å²) in [4.78, 5) is 24.8. The Morgan fingerprint density at radius 3 is 2.74 bits per heavy atom. The van der Waals surface area contributed by atoms with Gasteiger partial charge in [0.2, 0.25) is 6.79 Å². The van der Waals surface area contributed by atoms with Crippen LogP contribution >= 0.6 is 0 Å². The third-order valence-electron chi connectivity index (χ3n) is 3.95. The standard InChI is InChI=1S/C19H17N5O3/c25-19(24-8-13-4-5-16-17(7-13)27-12-26-16)15-10-23-18(11-21-15)22-9-14-3-1-2-6-20-14/h1-7,10-11H,8-9,12H2,(H,22,23)(H,24,25). The summed E-state index contributed by atoms with van der Waals surface area (Å²) in [7, 11) is 0. The molecular formula is C19H17N5O3. The van der Waals surface area contributed by atoms with Crippen LogP contribution in [0, 0.1) is 0 Å². The van der Waals surface area contributed by atoms with Gasteiger partial charge in [0.15, 0.2) is 11.5 Å². The fourth-order valence-electron chi connectivity index (χ4n) is 2.54. The molecular weight excluding hydrogens is 346 g/mol. The first-order valence-electron chi connectivity index (χ1n) is 8.40. The SMILES string of the molecule is O=C(NCc1ccc2c(c1)OCO2)c1cnc(NCc2ccccn2)cn1. The fourth-order valence-corrected chi connectivity index (χ4v) is 2.54. The second-order valence-electron chi connectivity index (χ2n) is 5.83. The maximum atomic E-state index is 12.2. The minimum atomic E-state index is -0.295. The Balaban J connectivity index is 1.31. The van der Waals surface area contributed by atoms with Crippen LogP contribution in [-0.2, 0) is 13.1 Å². The van der Waals surface area contributed by atoms with Crippen LogP contribution in [0.2, 0.25) is 0 Å². The van der Waals surface area contributed by atoms with E-state index < -0.39 is 0 Å². The Morgan fingerprint density at radius 2 is 1.93 bits per heavy atom. The number of nitrogens with one attached hydrogen (secondary N) is 2. The van der Waals surface area contributed by atoms with Crippen molar-refractivity contribution in [3.8, 4) is 11.5 Å². The molecule has 1 amide bonds. The van der Waals surface area contributed by atoms with Crippen LogP contribution in [-0.4, -0.2) is 27.7 Å². The minimum Gasteiger partial charge on any atom is -0.454 e. The summed E-state index contributed by atoms with van der Waals surface area (Å²) in [5, 5.41) is 5.93. The number of amides is 1. The first kappa shape index (κ1) is 16.8. The Bertz CT molecular complexity index is 932. The molecule has 0 saturated carbocycles. The van der Waals surface area contributed by atoms with Crippen molar-refractivity contribution in [2.24, 2.45) is 0 Å². The number of ether oxygens (including phenoxy) is 2. The van der Waals surface area contributed by atoms with E-state index in [1.807, 2.05) is 36.4 Å². The van der Waals surface area contributed by atoms with Crippen molar-refractivity contribution in [1.29, 1.82) is 0 Å². The summed E-state index contributed by atoms with van der Waals surface area (Å²) in [5.41, 5.74) is 2.05. The zero-order chi connectivity index (χ0) is 18.5. The third-order valence-corrected chi connectivity index (χ3v) is 3.95. The van der Waals surface area contributed by atoms with Crippen molar-refractivity contribution in [2.45, 2.75) is 13.1 Å².